The Bertz CT molecular complexity index is 1270. The molecule has 0 atom stereocenters. The highest BCUT2D eigenvalue weighted by Gasteiger charge is 2.22. The number of morpholine rings is 1. The first-order valence-electron chi connectivity index (χ1n) is 13.5. The third-order valence-corrected chi connectivity index (χ3v) is 7.41. The highest BCUT2D eigenvalue weighted by Crippen LogP contribution is 2.30. The SMILES string of the molecule is CCc1ccc(C(=O)Nc2ccc(N3CCc4ccccc4C3)c(C(=O)NCCN3CCOCC3)c2)cc1. The van der Waals surface area contributed by atoms with Crippen molar-refractivity contribution >= 4 is 23.2 Å². The molecule has 7 nitrogen and oxygen atoms in total. The van der Waals surface area contributed by atoms with E-state index in [0.29, 0.717) is 23.4 Å². The first-order valence-corrected chi connectivity index (χ1v) is 13.5. The molecule has 5 rings (SSSR count). The normalized spacial score (nSPS) is 15.6. The molecule has 2 aliphatic rings. The number of carbonyl (C=O) groups is 2. The smallest absolute Gasteiger partial charge is 0.255 e. The van der Waals surface area contributed by atoms with Gasteiger partial charge in [0.25, 0.3) is 11.8 Å². The van der Waals surface area contributed by atoms with Gasteiger partial charge in [0.15, 0.2) is 0 Å². The minimum Gasteiger partial charge on any atom is -0.379 e. The molecule has 1 fully saturated rings. The summed E-state index contributed by atoms with van der Waals surface area (Å²) in [4.78, 5) is 31.0. The van der Waals surface area contributed by atoms with Crippen LogP contribution in [0.25, 0.3) is 0 Å². The molecule has 7 heteroatoms. The van der Waals surface area contributed by atoms with Crippen molar-refractivity contribution < 1.29 is 14.3 Å². The monoisotopic (exact) mass is 512 g/mol. The summed E-state index contributed by atoms with van der Waals surface area (Å²) < 4.78 is 5.42. The highest BCUT2D eigenvalue weighted by molar-refractivity contribution is 6.06. The Balaban J connectivity index is 1.34. The van der Waals surface area contributed by atoms with E-state index in [4.69, 9.17) is 4.74 Å². The number of aryl methyl sites for hydroxylation is 1. The molecule has 2 N–H and O–H groups in total. The summed E-state index contributed by atoms with van der Waals surface area (Å²) in [5.74, 6) is -0.318. The number of anilines is 2. The molecule has 0 radical (unpaired) electrons. The van der Waals surface area contributed by atoms with Gasteiger partial charge in [-0.1, -0.05) is 43.3 Å². The topological polar surface area (TPSA) is 73.9 Å². The van der Waals surface area contributed by atoms with Gasteiger partial charge in [0.2, 0.25) is 0 Å². The number of fused-ring (bicyclic) bond motifs is 1. The molecule has 0 unspecified atom stereocenters. The minimum absolute atomic E-state index is 0.129. The molecule has 1 saturated heterocycles. The van der Waals surface area contributed by atoms with E-state index in [-0.39, 0.29) is 11.8 Å². The van der Waals surface area contributed by atoms with Gasteiger partial charge in [0, 0.05) is 56.2 Å². The van der Waals surface area contributed by atoms with Crippen LogP contribution in [0.5, 0.6) is 0 Å². The number of hydrogen-bond acceptors (Lipinski definition) is 5. The second kappa shape index (κ2) is 12.2. The zero-order chi connectivity index (χ0) is 26.3. The minimum atomic E-state index is -0.189. The predicted octanol–water partition coefficient (Wildman–Crippen LogP) is 4.13. The zero-order valence-corrected chi connectivity index (χ0v) is 22.0. The fraction of sp³-hybridized carbons (Fsp3) is 0.355. The van der Waals surface area contributed by atoms with E-state index in [1.165, 1.54) is 16.7 Å². The second-order valence-corrected chi connectivity index (χ2v) is 9.89. The van der Waals surface area contributed by atoms with Crippen LogP contribution >= 0.6 is 0 Å². The van der Waals surface area contributed by atoms with Gasteiger partial charge in [-0.2, -0.15) is 0 Å². The first kappa shape index (κ1) is 25.9. The maximum absolute atomic E-state index is 13.5. The summed E-state index contributed by atoms with van der Waals surface area (Å²) in [5.41, 5.74) is 6.48. The summed E-state index contributed by atoms with van der Waals surface area (Å²) in [5, 5.41) is 6.09. The number of carbonyl (C=O) groups excluding carboxylic acids is 2. The number of ether oxygens (including phenoxy) is 1. The standard InChI is InChI=1S/C31H36N4O3/c1-2-23-7-9-25(10-8-23)30(36)33-27-11-12-29(35-15-13-24-5-3-4-6-26(24)22-35)28(21-27)31(37)32-14-16-34-17-19-38-20-18-34/h3-12,21H,2,13-20,22H2,1H3,(H,32,37)(H,33,36). The van der Waals surface area contributed by atoms with Crippen LogP contribution in [0.4, 0.5) is 11.4 Å². The highest BCUT2D eigenvalue weighted by atomic mass is 16.5. The Morgan fingerprint density at radius 1 is 0.895 bits per heavy atom. The zero-order valence-electron chi connectivity index (χ0n) is 22.0. The van der Waals surface area contributed by atoms with E-state index >= 15 is 0 Å². The number of hydrogen-bond donors (Lipinski definition) is 2. The van der Waals surface area contributed by atoms with Crippen molar-refractivity contribution in [2.24, 2.45) is 0 Å². The van der Waals surface area contributed by atoms with Crippen LogP contribution in [-0.2, 0) is 24.1 Å². The maximum atomic E-state index is 13.5. The fourth-order valence-electron chi connectivity index (χ4n) is 5.12. The molecule has 0 bridgehead atoms. The van der Waals surface area contributed by atoms with Gasteiger partial charge in [-0.3, -0.25) is 14.5 Å². The number of nitrogens with one attached hydrogen (secondary N) is 2. The van der Waals surface area contributed by atoms with E-state index in [0.717, 1.165) is 64.5 Å². The number of nitrogens with zero attached hydrogens (tertiary/aromatic N) is 2. The Hall–Kier alpha value is -3.68. The average molecular weight is 513 g/mol. The molecule has 0 saturated carbocycles. The number of amides is 2. The molecule has 38 heavy (non-hydrogen) atoms. The van der Waals surface area contributed by atoms with Gasteiger partial charge in [-0.25, -0.2) is 0 Å². The van der Waals surface area contributed by atoms with Crippen molar-refractivity contribution in [1.29, 1.82) is 0 Å². The van der Waals surface area contributed by atoms with Crippen LogP contribution in [0.3, 0.4) is 0 Å². The van der Waals surface area contributed by atoms with Gasteiger partial charge < -0.3 is 20.3 Å². The molecule has 3 aromatic rings. The number of rotatable bonds is 8. The molecule has 2 amide bonds. The van der Waals surface area contributed by atoms with Crippen LogP contribution in [0.2, 0.25) is 0 Å². The van der Waals surface area contributed by atoms with E-state index in [1.54, 1.807) is 6.07 Å². The van der Waals surface area contributed by atoms with Crippen molar-refractivity contribution in [3.8, 4) is 0 Å². The van der Waals surface area contributed by atoms with Crippen molar-refractivity contribution in [2.75, 3.05) is 56.2 Å². The molecule has 2 heterocycles. The van der Waals surface area contributed by atoms with Gasteiger partial charge >= 0.3 is 0 Å². The maximum Gasteiger partial charge on any atom is 0.255 e. The van der Waals surface area contributed by atoms with Crippen molar-refractivity contribution in [3.63, 3.8) is 0 Å². The van der Waals surface area contributed by atoms with E-state index < -0.39 is 0 Å². The molecule has 3 aromatic carbocycles. The Morgan fingerprint density at radius 2 is 1.66 bits per heavy atom. The summed E-state index contributed by atoms with van der Waals surface area (Å²) in [7, 11) is 0. The van der Waals surface area contributed by atoms with Crippen LogP contribution < -0.4 is 15.5 Å². The quantitative estimate of drug-likeness (QED) is 0.475. The van der Waals surface area contributed by atoms with Crippen LogP contribution in [0, 0.1) is 0 Å². The lowest BCUT2D eigenvalue weighted by Crippen LogP contribution is -2.41. The van der Waals surface area contributed by atoms with Gasteiger partial charge in [-0.15, -0.1) is 0 Å². The lowest BCUT2D eigenvalue weighted by Gasteiger charge is -2.32. The van der Waals surface area contributed by atoms with E-state index in [1.807, 2.05) is 36.4 Å². The Labute approximate surface area is 224 Å². The lowest BCUT2D eigenvalue weighted by atomic mass is 9.98. The fourth-order valence-corrected chi connectivity index (χ4v) is 5.12. The lowest BCUT2D eigenvalue weighted by molar-refractivity contribution is 0.0383. The second-order valence-electron chi connectivity index (χ2n) is 9.89. The molecule has 0 aromatic heterocycles. The van der Waals surface area contributed by atoms with Crippen molar-refractivity contribution in [2.45, 2.75) is 26.3 Å². The van der Waals surface area contributed by atoms with Crippen molar-refractivity contribution in [3.05, 3.63) is 94.5 Å². The molecular formula is C31H36N4O3. The van der Waals surface area contributed by atoms with Crippen LogP contribution in [-0.4, -0.2) is 62.7 Å². The predicted molar refractivity (Wildman–Crippen MR) is 151 cm³/mol. The largest absolute Gasteiger partial charge is 0.379 e. The van der Waals surface area contributed by atoms with Gasteiger partial charge in [-0.05, 0) is 59.9 Å². The van der Waals surface area contributed by atoms with Crippen LogP contribution in [0.1, 0.15) is 44.3 Å². The Kier molecular flexibility index (Phi) is 8.36. The summed E-state index contributed by atoms with van der Waals surface area (Å²) in [6, 6.07) is 21.7. The molecule has 0 spiro atoms. The number of benzene rings is 3. The summed E-state index contributed by atoms with van der Waals surface area (Å²) >= 11 is 0. The van der Waals surface area contributed by atoms with E-state index in [9.17, 15) is 9.59 Å². The van der Waals surface area contributed by atoms with Gasteiger partial charge in [0.1, 0.15) is 0 Å². The van der Waals surface area contributed by atoms with Crippen molar-refractivity contribution in [1.82, 2.24) is 10.2 Å². The molecule has 0 aliphatic carbocycles. The van der Waals surface area contributed by atoms with Gasteiger partial charge in [0.05, 0.1) is 18.8 Å². The third kappa shape index (κ3) is 6.23. The molecule has 198 valence electrons. The average Bonchev–Trinajstić information content (AvgIpc) is 2.97. The third-order valence-electron chi connectivity index (χ3n) is 7.41. The van der Waals surface area contributed by atoms with Crippen LogP contribution in [0.15, 0.2) is 66.7 Å². The summed E-state index contributed by atoms with van der Waals surface area (Å²) in [6.45, 7) is 8.25. The van der Waals surface area contributed by atoms with E-state index in [2.05, 4.69) is 51.6 Å². The summed E-state index contributed by atoms with van der Waals surface area (Å²) in [6.07, 6.45) is 1.86. The molecule has 2 aliphatic heterocycles. The Morgan fingerprint density at radius 3 is 2.42 bits per heavy atom. The first-order chi connectivity index (χ1) is 18.6. The molecular weight excluding hydrogens is 476 g/mol.